The van der Waals surface area contributed by atoms with E-state index in [4.69, 9.17) is 14.5 Å². The number of imidazole rings is 1. The van der Waals surface area contributed by atoms with Crippen molar-refractivity contribution in [2.24, 2.45) is 4.99 Å². The van der Waals surface area contributed by atoms with E-state index < -0.39 is 5.60 Å². The summed E-state index contributed by atoms with van der Waals surface area (Å²) in [4.78, 5) is 13.7. The molecule has 5 rings (SSSR count). The topological polar surface area (TPSA) is 93.3 Å². The third kappa shape index (κ3) is 4.38. The number of rotatable bonds is 7. The average Bonchev–Trinajstić information content (AvgIpc) is 3.46. The summed E-state index contributed by atoms with van der Waals surface area (Å²) in [5.74, 6) is 1.73. The third-order valence-corrected chi connectivity index (χ3v) is 5.31. The maximum absolute atomic E-state index is 9.94. The molecule has 0 saturated carbocycles. The van der Waals surface area contributed by atoms with Crippen LogP contribution in [0.1, 0.15) is 25.0 Å². The minimum atomic E-state index is -0.942. The molecule has 168 valence electrons. The zero-order chi connectivity index (χ0) is 23.0. The summed E-state index contributed by atoms with van der Waals surface area (Å²) in [5, 5.41) is 13.3. The first-order chi connectivity index (χ1) is 15.9. The van der Waals surface area contributed by atoms with Gasteiger partial charge in [0.25, 0.3) is 0 Å². The van der Waals surface area contributed by atoms with E-state index >= 15 is 0 Å². The van der Waals surface area contributed by atoms with Gasteiger partial charge >= 0.3 is 0 Å². The van der Waals surface area contributed by atoms with Gasteiger partial charge in [0.05, 0.1) is 24.9 Å². The Morgan fingerprint density at radius 3 is 2.85 bits per heavy atom. The average molecular weight is 444 g/mol. The number of ether oxygens (including phenoxy) is 2. The first-order valence-corrected chi connectivity index (χ1v) is 10.7. The number of fused-ring (bicyclic) bond motifs is 2. The molecule has 2 aromatic carbocycles. The number of methoxy groups -OCH3 is 1. The molecule has 0 spiro atoms. The van der Waals surface area contributed by atoms with E-state index in [0.29, 0.717) is 29.5 Å². The molecule has 0 saturated heterocycles. The maximum Gasteiger partial charge on any atom is 0.180 e. The first kappa shape index (κ1) is 21.0. The van der Waals surface area contributed by atoms with E-state index in [9.17, 15) is 5.11 Å². The second-order valence-corrected chi connectivity index (χ2v) is 8.61. The van der Waals surface area contributed by atoms with Crippen LogP contribution in [-0.2, 0) is 6.54 Å². The number of nitrogens with one attached hydrogen (secondary N) is 1. The van der Waals surface area contributed by atoms with E-state index in [1.807, 2.05) is 35.1 Å². The molecule has 0 unspecified atom stereocenters. The van der Waals surface area contributed by atoms with Crippen molar-refractivity contribution >= 4 is 23.4 Å². The number of hydrogen-bond donors (Lipinski definition) is 2. The van der Waals surface area contributed by atoms with Crippen LogP contribution in [0.2, 0.25) is 0 Å². The molecule has 4 aromatic rings. The van der Waals surface area contributed by atoms with Gasteiger partial charge in [-0.15, -0.1) is 0 Å². The van der Waals surface area contributed by atoms with Crippen molar-refractivity contribution in [3.8, 4) is 22.8 Å². The second-order valence-electron chi connectivity index (χ2n) is 8.61. The number of aromatic nitrogens is 3. The van der Waals surface area contributed by atoms with Gasteiger partial charge in [-0.1, -0.05) is 12.1 Å². The molecular weight excluding hydrogens is 418 g/mol. The lowest BCUT2D eigenvalue weighted by atomic mass is 10.0. The Hall–Kier alpha value is -3.91. The Kier molecular flexibility index (Phi) is 5.22. The van der Waals surface area contributed by atoms with Crippen molar-refractivity contribution in [2.75, 3.05) is 19.0 Å². The Morgan fingerprint density at radius 2 is 2.03 bits per heavy atom. The fourth-order valence-corrected chi connectivity index (χ4v) is 3.68. The maximum atomic E-state index is 9.94. The fourth-order valence-electron chi connectivity index (χ4n) is 3.68. The van der Waals surface area contributed by atoms with Crippen molar-refractivity contribution < 1.29 is 14.6 Å². The summed E-state index contributed by atoms with van der Waals surface area (Å²) in [6.07, 6.45) is 7.52. The summed E-state index contributed by atoms with van der Waals surface area (Å²) in [7, 11) is 1.58. The molecule has 0 bridgehead atoms. The number of nitrogens with zero attached hydrogens (tertiary/aromatic N) is 4. The van der Waals surface area contributed by atoms with Crippen molar-refractivity contribution in [3.63, 3.8) is 0 Å². The highest BCUT2D eigenvalue weighted by molar-refractivity contribution is 5.86. The van der Waals surface area contributed by atoms with Crippen LogP contribution in [0.15, 0.2) is 60.0 Å². The summed E-state index contributed by atoms with van der Waals surface area (Å²) in [6, 6.07) is 11.8. The van der Waals surface area contributed by atoms with E-state index in [-0.39, 0.29) is 6.61 Å². The molecule has 0 atom stereocenters. The van der Waals surface area contributed by atoms with Crippen molar-refractivity contribution in [3.05, 3.63) is 66.1 Å². The van der Waals surface area contributed by atoms with Gasteiger partial charge in [-0.3, -0.25) is 4.99 Å². The molecule has 8 nitrogen and oxygen atoms in total. The summed E-state index contributed by atoms with van der Waals surface area (Å²) >= 11 is 0. The van der Waals surface area contributed by atoms with Crippen LogP contribution >= 0.6 is 0 Å². The highest BCUT2D eigenvalue weighted by Crippen LogP contribution is 2.33. The second kappa shape index (κ2) is 8.22. The number of aliphatic imine (C=N–C) groups is 1. The molecule has 0 aliphatic carbocycles. The van der Waals surface area contributed by atoms with Gasteiger partial charge < -0.3 is 24.3 Å². The van der Waals surface area contributed by atoms with Crippen LogP contribution in [0.3, 0.4) is 0 Å². The fraction of sp³-hybridized carbons (Fsp3) is 0.240. The van der Waals surface area contributed by atoms with Crippen molar-refractivity contribution in [2.45, 2.75) is 26.0 Å². The SMILES string of the molecule is COc1cc(Nc2nc(-c3ccc4c(c3)CN=C4)cn3ccnc23)ccc1OCC(C)(C)O. The minimum absolute atomic E-state index is 0.153. The predicted octanol–water partition coefficient (Wildman–Crippen LogP) is 4.23. The Labute approximate surface area is 191 Å². The quantitative estimate of drug-likeness (QED) is 0.444. The Bertz CT molecular complexity index is 1350. The summed E-state index contributed by atoms with van der Waals surface area (Å²) in [6.45, 7) is 4.24. The summed E-state index contributed by atoms with van der Waals surface area (Å²) < 4.78 is 13.2. The molecule has 3 heterocycles. The predicted molar refractivity (Wildman–Crippen MR) is 128 cm³/mol. The molecule has 33 heavy (non-hydrogen) atoms. The van der Waals surface area contributed by atoms with Gasteiger partial charge in [0, 0.05) is 42.1 Å². The van der Waals surface area contributed by atoms with Crippen molar-refractivity contribution in [1.29, 1.82) is 0 Å². The smallest absolute Gasteiger partial charge is 0.180 e. The van der Waals surface area contributed by atoms with Crippen LogP contribution in [0.5, 0.6) is 11.5 Å². The highest BCUT2D eigenvalue weighted by atomic mass is 16.5. The van der Waals surface area contributed by atoms with Gasteiger partial charge in [0.15, 0.2) is 23.0 Å². The number of anilines is 2. The standard InChI is InChI=1S/C25H25N5O3/c1-25(2,31)15-33-21-7-6-19(11-22(21)32-3)28-23-24-27-8-9-30(24)14-20(29-23)16-4-5-17-12-26-13-18(17)10-16/h4-12,14,31H,13,15H2,1-3H3,(H,28,29). The zero-order valence-electron chi connectivity index (χ0n) is 18.7. The Morgan fingerprint density at radius 1 is 1.15 bits per heavy atom. The number of aliphatic hydroxyl groups is 1. The molecule has 0 radical (unpaired) electrons. The molecular formula is C25H25N5O3. The lowest BCUT2D eigenvalue weighted by Crippen LogP contribution is -2.27. The first-order valence-electron chi connectivity index (χ1n) is 10.7. The van der Waals surface area contributed by atoms with E-state index in [0.717, 1.165) is 22.5 Å². The lowest BCUT2D eigenvalue weighted by Gasteiger charge is -2.19. The molecule has 2 aromatic heterocycles. The monoisotopic (exact) mass is 443 g/mol. The van der Waals surface area contributed by atoms with Gasteiger partial charge in [-0.2, -0.15) is 0 Å². The molecule has 1 aliphatic heterocycles. The number of benzene rings is 2. The third-order valence-electron chi connectivity index (χ3n) is 5.31. The highest BCUT2D eigenvalue weighted by Gasteiger charge is 2.17. The van der Waals surface area contributed by atoms with Crippen LogP contribution < -0.4 is 14.8 Å². The van der Waals surface area contributed by atoms with Crippen LogP contribution in [0, 0.1) is 0 Å². The van der Waals surface area contributed by atoms with Gasteiger partial charge in [0.1, 0.15) is 6.61 Å². The van der Waals surface area contributed by atoms with E-state index in [1.54, 1.807) is 33.2 Å². The number of hydrogen-bond acceptors (Lipinski definition) is 7. The summed E-state index contributed by atoms with van der Waals surface area (Å²) in [5.41, 5.74) is 4.74. The van der Waals surface area contributed by atoms with Crippen molar-refractivity contribution in [1.82, 2.24) is 14.4 Å². The van der Waals surface area contributed by atoms with Gasteiger partial charge in [-0.05, 0) is 43.2 Å². The van der Waals surface area contributed by atoms with E-state index in [2.05, 4.69) is 33.5 Å². The van der Waals surface area contributed by atoms with Crippen LogP contribution in [0.25, 0.3) is 16.9 Å². The lowest BCUT2D eigenvalue weighted by molar-refractivity contribution is 0.0276. The molecule has 0 amide bonds. The van der Waals surface area contributed by atoms with Gasteiger partial charge in [-0.25, -0.2) is 9.97 Å². The normalized spacial score (nSPS) is 12.7. The molecule has 0 fully saturated rings. The zero-order valence-corrected chi connectivity index (χ0v) is 18.7. The van der Waals surface area contributed by atoms with Gasteiger partial charge in [0.2, 0.25) is 0 Å². The minimum Gasteiger partial charge on any atom is -0.493 e. The largest absolute Gasteiger partial charge is 0.493 e. The molecule has 8 heteroatoms. The molecule has 2 N–H and O–H groups in total. The van der Waals surface area contributed by atoms with Crippen LogP contribution in [0.4, 0.5) is 11.5 Å². The van der Waals surface area contributed by atoms with E-state index in [1.165, 1.54) is 5.56 Å². The van der Waals surface area contributed by atoms with Crippen LogP contribution in [-0.4, -0.2) is 45.0 Å². The molecule has 1 aliphatic rings. The Balaban J connectivity index is 1.47.